The van der Waals surface area contributed by atoms with Gasteiger partial charge >= 0.3 is 5.97 Å². The summed E-state index contributed by atoms with van der Waals surface area (Å²) in [5, 5.41) is 12.1. The minimum atomic E-state index is -0.679. The smallest absolute Gasteiger partial charge is 0.342 e. The fourth-order valence-electron chi connectivity index (χ4n) is 2.50. The summed E-state index contributed by atoms with van der Waals surface area (Å²) in [6.45, 7) is 1.38. The number of nitrogens with zero attached hydrogens (tertiary/aromatic N) is 2. The molecule has 0 aliphatic heterocycles. The largest absolute Gasteiger partial charge is 0.507 e. The number of ether oxygens (including phenoxy) is 2. The number of thiazole rings is 1. The molecule has 1 amide bonds. The molecule has 0 saturated heterocycles. The van der Waals surface area contributed by atoms with Crippen molar-refractivity contribution in [2.75, 3.05) is 12.0 Å². The van der Waals surface area contributed by atoms with Crippen LogP contribution in [0.4, 0.5) is 10.8 Å². The lowest BCUT2D eigenvalue weighted by Crippen LogP contribution is -2.22. The Hall–Kier alpha value is -3.39. The molecule has 0 unspecified atom stereocenters. The number of phenols is 1. The molecule has 1 N–H and O–H groups in total. The van der Waals surface area contributed by atoms with Crippen LogP contribution in [0.5, 0.6) is 11.5 Å². The Morgan fingerprint density at radius 3 is 2.57 bits per heavy atom. The Kier molecular flexibility index (Phi) is 5.90. The molecular weight excluding hydrogens is 380 g/mol. The van der Waals surface area contributed by atoms with Crippen LogP contribution in [0, 0.1) is 0 Å². The summed E-state index contributed by atoms with van der Waals surface area (Å²) in [7, 11) is 1.46. The van der Waals surface area contributed by atoms with Crippen molar-refractivity contribution in [3.05, 3.63) is 65.2 Å². The molecule has 3 rings (SSSR count). The number of hydrogen-bond acceptors (Lipinski definition) is 7. The Balaban J connectivity index is 1.71. The molecule has 144 valence electrons. The highest BCUT2D eigenvalue weighted by atomic mass is 32.1. The normalized spacial score (nSPS) is 10.4. The first-order valence-corrected chi connectivity index (χ1v) is 9.22. The molecule has 0 bridgehead atoms. The van der Waals surface area contributed by atoms with Gasteiger partial charge in [-0.25, -0.2) is 9.78 Å². The number of aromatic nitrogens is 1. The number of aromatic hydroxyl groups is 1. The molecule has 28 heavy (non-hydrogen) atoms. The molecule has 0 saturated carbocycles. The van der Waals surface area contributed by atoms with Gasteiger partial charge in [0, 0.05) is 18.4 Å². The van der Waals surface area contributed by atoms with Crippen molar-refractivity contribution in [1.29, 1.82) is 0 Å². The number of benzene rings is 2. The van der Waals surface area contributed by atoms with Gasteiger partial charge < -0.3 is 14.6 Å². The molecule has 0 atom stereocenters. The lowest BCUT2D eigenvalue weighted by Gasteiger charge is -2.17. The summed E-state index contributed by atoms with van der Waals surface area (Å²) in [6.07, 6.45) is 0. The van der Waals surface area contributed by atoms with E-state index in [1.165, 1.54) is 42.4 Å². The highest BCUT2D eigenvalue weighted by Crippen LogP contribution is 2.29. The maximum atomic E-state index is 12.2. The van der Waals surface area contributed by atoms with E-state index in [4.69, 9.17) is 9.47 Å². The highest BCUT2D eigenvalue weighted by Gasteiger charge is 2.19. The SMILES string of the molecule is COc1ccc(C(=O)OCc2csc(N(C(C)=O)c3ccccc3)n2)c(O)c1. The number of anilines is 2. The maximum absolute atomic E-state index is 12.2. The standard InChI is InChI=1S/C20H18N2O5S/c1-13(23)22(15-6-4-3-5-7-15)20-21-14(12-28-20)11-27-19(25)17-9-8-16(26-2)10-18(17)24/h3-10,12,24H,11H2,1-2H3. The maximum Gasteiger partial charge on any atom is 0.342 e. The number of methoxy groups -OCH3 is 1. The van der Waals surface area contributed by atoms with Crippen LogP contribution < -0.4 is 9.64 Å². The van der Waals surface area contributed by atoms with Crippen LogP contribution in [0.1, 0.15) is 23.0 Å². The Bertz CT molecular complexity index is 987. The van der Waals surface area contributed by atoms with E-state index in [2.05, 4.69) is 4.98 Å². The number of amides is 1. The third kappa shape index (κ3) is 4.29. The zero-order chi connectivity index (χ0) is 20.1. The van der Waals surface area contributed by atoms with Gasteiger partial charge in [-0.3, -0.25) is 9.69 Å². The highest BCUT2D eigenvalue weighted by molar-refractivity contribution is 7.14. The third-order valence-corrected chi connectivity index (χ3v) is 4.71. The molecule has 8 heteroatoms. The molecule has 0 aliphatic carbocycles. The number of rotatable bonds is 6. The van der Waals surface area contributed by atoms with E-state index < -0.39 is 5.97 Å². The summed E-state index contributed by atoms with van der Waals surface area (Å²) < 4.78 is 10.2. The summed E-state index contributed by atoms with van der Waals surface area (Å²) in [6, 6.07) is 13.5. The van der Waals surface area contributed by atoms with Crippen molar-refractivity contribution >= 4 is 34.0 Å². The van der Waals surface area contributed by atoms with Gasteiger partial charge in [0.1, 0.15) is 23.7 Å². The van der Waals surface area contributed by atoms with Crippen LogP contribution in [0.25, 0.3) is 0 Å². The summed E-state index contributed by atoms with van der Waals surface area (Å²) in [4.78, 5) is 30.1. The van der Waals surface area contributed by atoms with Gasteiger partial charge in [0.15, 0.2) is 5.13 Å². The first kappa shape index (κ1) is 19.4. The van der Waals surface area contributed by atoms with Crippen molar-refractivity contribution in [1.82, 2.24) is 4.98 Å². The van der Waals surface area contributed by atoms with Gasteiger partial charge in [0.05, 0.1) is 18.5 Å². The van der Waals surface area contributed by atoms with E-state index >= 15 is 0 Å². The van der Waals surface area contributed by atoms with Crippen molar-refractivity contribution in [2.24, 2.45) is 0 Å². The van der Waals surface area contributed by atoms with E-state index in [9.17, 15) is 14.7 Å². The zero-order valence-corrected chi connectivity index (χ0v) is 16.1. The predicted octanol–water partition coefficient (Wildman–Crippen LogP) is 3.90. The Morgan fingerprint density at radius 2 is 1.93 bits per heavy atom. The van der Waals surface area contributed by atoms with Crippen molar-refractivity contribution < 1.29 is 24.2 Å². The second-order valence-electron chi connectivity index (χ2n) is 5.77. The quantitative estimate of drug-likeness (QED) is 0.634. The fourth-order valence-corrected chi connectivity index (χ4v) is 3.37. The van der Waals surface area contributed by atoms with Gasteiger partial charge in [-0.05, 0) is 24.3 Å². The third-order valence-electron chi connectivity index (χ3n) is 3.84. The Labute approximate surface area is 165 Å². The first-order valence-electron chi connectivity index (χ1n) is 8.34. The summed E-state index contributed by atoms with van der Waals surface area (Å²) >= 11 is 1.27. The van der Waals surface area contributed by atoms with Crippen LogP contribution in [0.2, 0.25) is 0 Å². The monoisotopic (exact) mass is 398 g/mol. The minimum absolute atomic E-state index is 0.0332. The molecule has 1 aromatic heterocycles. The Morgan fingerprint density at radius 1 is 1.18 bits per heavy atom. The van der Waals surface area contributed by atoms with Gasteiger partial charge in [0.2, 0.25) is 5.91 Å². The van der Waals surface area contributed by atoms with Gasteiger partial charge in [0.25, 0.3) is 0 Å². The lowest BCUT2D eigenvalue weighted by atomic mass is 10.2. The van der Waals surface area contributed by atoms with E-state index in [0.29, 0.717) is 22.3 Å². The number of carbonyl (C=O) groups excluding carboxylic acids is 2. The molecular formula is C20H18N2O5S. The van der Waals surface area contributed by atoms with Gasteiger partial charge in [-0.2, -0.15) is 0 Å². The number of para-hydroxylation sites is 1. The lowest BCUT2D eigenvalue weighted by molar-refractivity contribution is -0.115. The predicted molar refractivity (Wildman–Crippen MR) is 105 cm³/mol. The number of phenolic OH excluding ortho intramolecular Hbond substituents is 1. The summed E-state index contributed by atoms with van der Waals surface area (Å²) in [5.41, 5.74) is 1.24. The van der Waals surface area contributed by atoms with Crippen molar-refractivity contribution in [2.45, 2.75) is 13.5 Å². The van der Waals surface area contributed by atoms with Crippen LogP contribution >= 0.6 is 11.3 Å². The topological polar surface area (TPSA) is 89.0 Å². The average Bonchev–Trinajstić information content (AvgIpc) is 3.15. The van der Waals surface area contributed by atoms with Crippen molar-refractivity contribution in [3.63, 3.8) is 0 Å². The van der Waals surface area contributed by atoms with Crippen LogP contribution in [0.3, 0.4) is 0 Å². The van der Waals surface area contributed by atoms with E-state index in [0.717, 1.165) is 0 Å². The molecule has 0 spiro atoms. The molecule has 7 nitrogen and oxygen atoms in total. The second-order valence-corrected chi connectivity index (χ2v) is 6.61. The van der Waals surface area contributed by atoms with Crippen LogP contribution in [0.15, 0.2) is 53.9 Å². The summed E-state index contributed by atoms with van der Waals surface area (Å²) in [5.74, 6) is -0.646. The van der Waals surface area contributed by atoms with E-state index in [-0.39, 0.29) is 23.8 Å². The molecule has 0 aliphatic rings. The van der Waals surface area contributed by atoms with E-state index in [1.54, 1.807) is 11.4 Å². The number of hydrogen-bond donors (Lipinski definition) is 1. The minimum Gasteiger partial charge on any atom is -0.507 e. The molecule has 0 fully saturated rings. The van der Waals surface area contributed by atoms with Crippen LogP contribution in [-0.4, -0.2) is 29.1 Å². The van der Waals surface area contributed by atoms with Gasteiger partial charge in [-0.15, -0.1) is 11.3 Å². The molecule has 1 heterocycles. The molecule has 3 aromatic rings. The molecule has 0 radical (unpaired) electrons. The molecule has 2 aromatic carbocycles. The fraction of sp³-hybridized carbons (Fsp3) is 0.150. The zero-order valence-electron chi connectivity index (χ0n) is 15.3. The number of esters is 1. The second kappa shape index (κ2) is 8.53. The number of carbonyl (C=O) groups is 2. The van der Waals surface area contributed by atoms with Crippen molar-refractivity contribution in [3.8, 4) is 11.5 Å². The van der Waals surface area contributed by atoms with Gasteiger partial charge in [-0.1, -0.05) is 18.2 Å². The van der Waals surface area contributed by atoms with Crippen LogP contribution in [-0.2, 0) is 16.1 Å². The first-order chi connectivity index (χ1) is 13.5. The van der Waals surface area contributed by atoms with E-state index in [1.807, 2.05) is 30.3 Å². The average molecular weight is 398 g/mol.